The second-order valence-corrected chi connectivity index (χ2v) is 3.14. The molecule has 1 aromatic rings. The number of hydrogen-bond donors (Lipinski definition) is 1. The van der Waals surface area contributed by atoms with Crippen molar-refractivity contribution in [3.05, 3.63) is 29.8 Å². The second kappa shape index (κ2) is 3.14. The van der Waals surface area contributed by atoms with Crippen LogP contribution in [0.2, 0.25) is 0 Å². The SMILES string of the molecule is O=C(O)N1C(=O)CCc2ccccc21. The molecule has 1 aromatic carbocycles. The number of rotatable bonds is 0. The van der Waals surface area contributed by atoms with Gasteiger partial charge in [0.2, 0.25) is 5.91 Å². The van der Waals surface area contributed by atoms with Crippen LogP contribution in [0.25, 0.3) is 0 Å². The van der Waals surface area contributed by atoms with Gasteiger partial charge >= 0.3 is 6.09 Å². The van der Waals surface area contributed by atoms with Crippen LogP contribution in [0.3, 0.4) is 0 Å². The summed E-state index contributed by atoms with van der Waals surface area (Å²) in [6, 6.07) is 7.07. The van der Waals surface area contributed by atoms with Gasteiger partial charge in [-0.3, -0.25) is 4.79 Å². The Labute approximate surface area is 80.8 Å². The van der Waals surface area contributed by atoms with E-state index in [1.165, 1.54) is 0 Å². The number of amides is 2. The second-order valence-electron chi connectivity index (χ2n) is 3.14. The molecule has 1 aliphatic rings. The van der Waals surface area contributed by atoms with Crippen LogP contribution in [0.5, 0.6) is 0 Å². The van der Waals surface area contributed by atoms with Crippen molar-refractivity contribution in [2.75, 3.05) is 4.90 Å². The van der Waals surface area contributed by atoms with E-state index in [-0.39, 0.29) is 12.3 Å². The van der Waals surface area contributed by atoms with Gasteiger partial charge in [0.15, 0.2) is 0 Å². The van der Waals surface area contributed by atoms with Gasteiger partial charge in [-0.25, -0.2) is 9.69 Å². The van der Waals surface area contributed by atoms with E-state index < -0.39 is 6.09 Å². The highest BCUT2D eigenvalue weighted by Gasteiger charge is 2.28. The first-order valence-corrected chi connectivity index (χ1v) is 4.34. The van der Waals surface area contributed by atoms with Crippen molar-refractivity contribution in [1.82, 2.24) is 0 Å². The van der Waals surface area contributed by atoms with Gasteiger partial charge in [-0.05, 0) is 18.1 Å². The minimum Gasteiger partial charge on any atom is -0.464 e. The molecule has 0 bridgehead atoms. The molecule has 0 fully saturated rings. The van der Waals surface area contributed by atoms with Crippen molar-refractivity contribution >= 4 is 17.7 Å². The van der Waals surface area contributed by atoms with Crippen LogP contribution < -0.4 is 4.90 Å². The number of benzene rings is 1. The lowest BCUT2D eigenvalue weighted by atomic mass is 10.0. The van der Waals surface area contributed by atoms with Crippen LogP contribution in [0, 0.1) is 0 Å². The largest absolute Gasteiger partial charge is 0.464 e. The molecule has 4 heteroatoms. The van der Waals surface area contributed by atoms with Crippen LogP contribution >= 0.6 is 0 Å². The van der Waals surface area contributed by atoms with Crippen LogP contribution in [0.4, 0.5) is 10.5 Å². The lowest BCUT2D eigenvalue weighted by Gasteiger charge is -2.24. The Bertz CT molecular complexity index is 400. The molecule has 0 aromatic heterocycles. The number of carbonyl (C=O) groups excluding carboxylic acids is 1. The minimum absolute atomic E-state index is 0.267. The number of fused-ring (bicyclic) bond motifs is 1. The molecule has 14 heavy (non-hydrogen) atoms. The number of aryl methyl sites for hydroxylation is 1. The van der Waals surface area contributed by atoms with Gasteiger partial charge in [-0.1, -0.05) is 18.2 Å². The molecule has 72 valence electrons. The molecule has 0 aliphatic carbocycles. The average Bonchev–Trinajstić information content (AvgIpc) is 2.17. The zero-order valence-corrected chi connectivity index (χ0v) is 7.43. The zero-order valence-electron chi connectivity index (χ0n) is 7.43. The summed E-state index contributed by atoms with van der Waals surface area (Å²) in [6.07, 6.45) is -0.315. The van der Waals surface area contributed by atoms with Gasteiger partial charge in [0.05, 0.1) is 5.69 Å². The molecule has 1 N–H and O–H groups in total. The Morgan fingerprint density at radius 2 is 2.00 bits per heavy atom. The van der Waals surface area contributed by atoms with E-state index in [4.69, 9.17) is 5.11 Å². The van der Waals surface area contributed by atoms with E-state index >= 15 is 0 Å². The Morgan fingerprint density at radius 1 is 1.29 bits per heavy atom. The molecule has 1 aliphatic heterocycles. The maximum absolute atomic E-state index is 11.3. The summed E-state index contributed by atoms with van der Waals surface area (Å²) in [6.45, 7) is 0. The highest BCUT2D eigenvalue weighted by Crippen LogP contribution is 2.27. The number of carbonyl (C=O) groups is 2. The van der Waals surface area contributed by atoms with Gasteiger partial charge < -0.3 is 5.11 Å². The molecule has 2 amide bonds. The summed E-state index contributed by atoms with van der Waals surface area (Å²) in [5, 5.41) is 8.86. The molecule has 4 nitrogen and oxygen atoms in total. The molecule has 2 rings (SSSR count). The summed E-state index contributed by atoms with van der Waals surface area (Å²) in [5.41, 5.74) is 1.41. The predicted molar refractivity (Wildman–Crippen MR) is 50.3 cm³/mol. The first kappa shape index (κ1) is 8.74. The van der Waals surface area contributed by atoms with Crippen molar-refractivity contribution in [3.63, 3.8) is 0 Å². The lowest BCUT2D eigenvalue weighted by Crippen LogP contribution is -2.39. The van der Waals surface area contributed by atoms with Crippen molar-refractivity contribution in [1.29, 1.82) is 0 Å². The number of carboxylic acid groups (broad SMARTS) is 1. The summed E-state index contributed by atoms with van der Waals surface area (Å²) in [7, 11) is 0. The molecule has 0 unspecified atom stereocenters. The fourth-order valence-corrected chi connectivity index (χ4v) is 1.64. The zero-order chi connectivity index (χ0) is 10.1. The molecule has 1 heterocycles. The number of nitrogens with zero attached hydrogens (tertiary/aromatic N) is 1. The smallest absolute Gasteiger partial charge is 0.418 e. The van der Waals surface area contributed by atoms with Crippen molar-refractivity contribution in [2.24, 2.45) is 0 Å². The van der Waals surface area contributed by atoms with E-state index in [1.54, 1.807) is 12.1 Å². The third-order valence-electron chi connectivity index (χ3n) is 2.28. The fourth-order valence-electron chi connectivity index (χ4n) is 1.64. The molecular weight excluding hydrogens is 182 g/mol. The van der Waals surface area contributed by atoms with Crippen molar-refractivity contribution in [3.8, 4) is 0 Å². The maximum Gasteiger partial charge on any atom is 0.418 e. The summed E-state index contributed by atoms with van der Waals surface area (Å²) >= 11 is 0. The summed E-state index contributed by atoms with van der Waals surface area (Å²) in [4.78, 5) is 23.0. The van der Waals surface area contributed by atoms with Crippen LogP contribution in [-0.2, 0) is 11.2 Å². The van der Waals surface area contributed by atoms with E-state index in [2.05, 4.69) is 0 Å². The molecule has 0 radical (unpaired) electrons. The van der Waals surface area contributed by atoms with Gasteiger partial charge in [-0.15, -0.1) is 0 Å². The first-order valence-electron chi connectivity index (χ1n) is 4.34. The third-order valence-corrected chi connectivity index (χ3v) is 2.28. The summed E-state index contributed by atoms with van der Waals surface area (Å²) in [5.74, 6) is -0.351. The normalized spacial score (nSPS) is 15.1. The standard InChI is InChI=1S/C10H9NO3/c12-9-6-5-7-3-1-2-4-8(7)11(9)10(13)14/h1-4H,5-6H2,(H,13,14). The number of imide groups is 1. The molecular formula is C10H9NO3. The number of hydrogen-bond acceptors (Lipinski definition) is 2. The van der Waals surface area contributed by atoms with Gasteiger partial charge in [0, 0.05) is 6.42 Å². The predicted octanol–water partition coefficient (Wildman–Crippen LogP) is 1.64. The number of anilines is 1. The quantitative estimate of drug-likeness (QED) is 0.678. The molecule has 0 saturated heterocycles. The molecule has 0 atom stereocenters. The Morgan fingerprint density at radius 3 is 2.71 bits per heavy atom. The summed E-state index contributed by atoms with van der Waals surface area (Å²) < 4.78 is 0. The van der Waals surface area contributed by atoms with Gasteiger partial charge in [0.25, 0.3) is 0 Å². The van der Waals surface area contributed by atoms with E-state index in [0.717, 1.165) is 10.5 Å². The van der Waals surface area contributed by atoms with Crippen molar-refractivity contribution in [2.45, 2.75) is 12.8 Å². The van der Waals surface area contributed by atoms with Crippen LogP contribution in [-0.4, -0.2) is 17.1 Å². The van der Waals surface area contributed by atoms with E-state index in [1.807, 2.05) is 12.1 Å². The topological polar surface area (TPSA) is 57.6 Å². The fraction of sp³-hybridized carbons (Fsp3) is 0.200. The molecule has 0 saturated carbocycles. The lowest BCUT2D eigenvalue weighted by molar-refractivity contribution is -0.118. The maximum atomic E-state index is 11.3. The highest BCUT2D eigenvalue weighted by atomic mass is 16.4. The minimum atomic E-state index is -1.21. The van der Waals surface area contributed by atoms with Crippen LogP contribution in [0.1, 0.15) is 12.0 Å². The van der Waals surface area contributed by atoms with Crippen LogP contribution in [0.15, 0.2) is 24.3 Å². The van der Waals surface area contributed by atoms with Gasteiger partial charge in [-0.2, -0.15) is 0 Å². The van der Waals surface area contributed by atoms with Gasteiger partial charge in [0.1, 0.15) is 0 Å². The van der Waals surface area contributed by atoms with Crippen molar-refractivity contribution < 1.29 is 14.7 Å². The third kappa shape index (κ3) is 1.25. The monoisotopic (exact) mass is 191 g/mol. The van der Waals surface area contributed by atoms with E-state index in [9.17, 15) is 9.59 Å². The highest BCUT2D eigenvalue weighted by molar-refractivity contribution is 6.13. The Kier molecular flexibility index (Phi) is 1.96. The van der Waals surface area contributed by atoms with E-state index in [0.29, 0.717) is 12.1 Å². The Hall–Kier alpha value is -1.84. The average molecular weight is 191 g/mol. The molecule has 0 spiro atoms. The number of para-hydroxylation sites is 1. The Balaban J connectivity index is 2.51. The first-order chi connectivity index (χ1) is 6.70.